The Morgan fingerprint density at radius 2 is 2.00 bits per heavy atom. The number of aryl methyl sites for hydroxylation is 3. The van der Waals surface area contributed by atoms with Gasteiger partial charge in [0.1, 0.15) is 11.5 Å². The molecule has 3 aromatic rings. The highest BCUT2D eigenvalue weighted by molar-refractivity contribution is 5.98. The van der Waals surface area contributed by atoms with Crippen LogP contribution >= 0.6 is 0 Å². The predicted molar refractivity (Wildman–Crippen MR) is 97.5 cm³/mol. The van der Waals surface area contributed by atoms with Gasteiger partial charge >= 0.3 is 0 Å². The maximum absolute atomic E-state index is 12.6. The number of para-hydroxylation sites is 1. The van der Waals surface area contributed by atoms with Crippen LogP contribution in [-0.2, 0) is 26.4 Å². The average molecular weight is 334 g/mol. The van der Waals surface area contributed by atoms with Gasteiger partial charge in [-0.05, 0) is 50.3 Å². The minimum Gasteiger partial charge on any atom is -0.343 e. The molecule has 5 nitrogen and oxygen atoms in total. The molecule has 1 aliphatic rings. The molecule has 0 spiro atoms. The fourth-order valence-electron chi connectivity index (χ4n) is 3.68. The highest BCUT2D eigenvalue weighted by Gasteiger charge is 2.17. The molecule has 2 aromatic heterocycles. The highest BCUT2D eigenvalue weighted by atomic mass is 16.1. The molecule has 0 bridgehead atoms. The van der Waals surface area contributed by atoms with E-state index in [1.807, 2.05) is 48.9 Å². The molecular weight excluding hydrogens is 312 g/mol. The first-order chi connectivity index (χ1) is 12.1. The molecule has 0 saturated heterocycles. The third-order valence-corrected chi connectivity index (χ3v) is 5.03. The number of nitrogens with one attached hydrogen (secondary N) is 1. The Morgan fingerprint density at radius 3 is 2.84 bits per heavy atom. The molecule has 25 heavy (non-hydrogen) atoms. The molecule has 2 heterocycles. The van der Waals surface area contributed by atoms with Gasteiger partial charge < -0.3 is 9.88 Å². The molecule has 4 rings (SSSR count). The zero-order valence-corrected chi connectivity index (χ0v) is 14.7. The lowest BCUT2D eigenvalue weighted by Crippen LogP contribution is -2.26. The Labute approximate surface area is 147 Å². The summed E-state index contributed by atoms with van der Waals surface area (Å²) in [6, 6.07) is 9.91. The summed E-state index contributed by atoms with van der Waals surface area (Å²) in [7, 11) is 1.91. The van der Waals surface area contributed by atoms with Crippen LogP contribution in [0.4, 0.5) is 0 Å². The second-order valence-corrected chi connectivity index (χ2v) is 6.69. The second kappa shape index (κ2) is 6.31. The summed E-state index contributed by atoms with van der Waals surface area (Å²) in [5, 5.41) is 4.03. The Kier molecular flexibility index (Phi) is 3.99. The maximum Gasteiger partial charge on any atom is 0.268 e. The predicted octanol–water partition coefficient (Wildman–Crippen LogP) is 3.09. The number of carbonyl (C=O) groups excluding carboxylic acids is 1. The van der Waals surface area contributed by atoms with E-state index >= 15 is 0 Å². The van der Waals surface area contributed by atoms with Gasteiger partial charge in [0.25, 0.3) is 5.91 Å². The summed E-state index contributed by atoms with van der Waals surface area (Å²) in [4.78, 5) is 21.9. The van der Waals surface area contributed by atoms with Crippen LogP contribution in [0.3, 0.4) is 0 Å². The lowest BCUT2D eigenvalue weighted by atomic mass is 9.95. The quantitative estimate of drug-likeness (QED) is 0.801. The summed E-state index contributed by atoms with van der Waals surface area (Å²) in [5.41, 5.74) is 5.21. The second-order valence-electron chi connectivity index (χ2n) is 6.69. The Hall–Kier alpha value is -2.69. The third kappa shape index (κ3) is 2.90. The first kappa shape index (κ1) is 15.8. The zero-order valence-electron chi connectivity index (χ0n) is 14.7. The maximum atomic E-state index is 12.6. The minimum atomic E-state index is -0.0994. The van der Waals surface area contributed by atoms with Crippen LogP contribution in [0.2, 0.25) is 0 Å². The normalized spacial score (nSPS) is 13.7. The monoisotopic (exact) mass is 334 g/mol. The smallest absolute Gasteiger partial charge is 0.268 e. The van der Waals surface area contributed by atoms with Crippen molar-refractivity contribution < 1.29 is 4.79 Å². The molecule has 0 aliphatic heterocycles. The van der Waals surface area contributed by atoms with E-state index in [-0.39, 0.29) is 5.91 Å². The fraction of sp³-hybridized carbons (Fsp3) is 0.350. The van der Waals surface area contributed by atoms with Crippen LogP contribution in [0.15, 0.2) is 30.3 Å². The van der Waals surface area contributed by atoms with E-state index in [9.17, 15) is 4.79 Å². The number of carbonyl (C=O) groups is 1. The van der Waals surface area contributed by atoms with E-state index in [1.54, 1.807) is 0 Å². The van der Waals surface area contributed by atoms with Gasteiger partial charge in [-0.1, -0.05) is 18.2 Å². The average Bonchev–Trinajstić information content (AvgIpc) is 2.97. The van der Waals surface area contributed by atoms with Crippen molar-refractivity contribution in [1.29, 1.82) is 0 Å². The molecule has 0 unspecified atom stereocenters. The first-order valence-electron chi connectivity index (χ1n) is 8.81. The molecule has 0 atom stereocenters. The van der Waals surface area contributed by atoms with Gasteiger partial charge in [-0.25, -0.2) is 9.97 Å². The van der Waals surface area contributed by atoms with Crippen molar-refractivity contribution in [3.63, 3.8) is 0 Å². The van der Waals surface area contributed by atoms with Crippen molar-refractivity contribution in [3.05, 3.63) is 58.8 Å². The lowest BCUT2D eigenvalue weighted by Gasteiger charge is -2.17. The van der Waals surface area contributed by atoms with E-state index in [2.05, 4.69) is 15.3 Å². The van der Waals surface area contributed by atoms with Crippen LogP contribution in [-0.4, -0.2) is 20.4 Å². The summed E-state index contributed by atoms with van der Waals surface area (Å²) in [6.45, 7) is 2.40. The first-order valence-corrected chi connectivity index (χ1v) is 8.81. The molecule has 0 fully saturated rings. The van der Waals surface area contributed by atoms with Crippen molar-refractivity contribution in [1.82, 2.24) is 19.9 Å². The van der Waals surface area contributed by atoms with Crippen LogP contribution in [0.25, 0.3) is 10.9 Å². The summed E-state index contributed by atoms with van der Waals surface area (Å²) in [5.74, 6) is 0.600. The van der Waals surface area contributed by atoms with Gasteiger partial charge in [0.15, 0.2) is 0 Å². The summed E-state index contributed by atoms with van der Waals surface area (Å²) >= 11 is 0. The van der Waals surface area contributed by atoms with E-state index in [0.717, 1.165) is 35.1 Å². The molecular formula is C20H22N4O. The molecule has 128 valence electrons. The van der Waals surface area contributed by atoms with Crippen LogP contribution in [0.5, 0.6) is 0 Å². The van der Waals surface area contributed by atoms with Crippen molar-refractivity contribution >= 4 is 16.8 Å². The van der Waals surface area contributed by atoms with E-state index < -0.39 is 0 Å². The fourth-order valence-corrected chi connectivity index (χ4v) is 3.68. The Morgan fingerprint density at radius 1 is 1.20 bits per heavy atom. The number of nitrogens with zero attached hydrogens (tertiary/aromatic N) is 3. The van der Waals surface area contributed by atoms with E-state index in [4.69, 9.17) is 0 Å². The molecule has 5 heteroatoms. The summed E-state index contributed by atoms with van der Waals surface area (Å²) < 4.78 is 1.92. The van der Waals surface area contributed by atoms with Crippen molar-refractivity contribution in [2.45, 2.75) is 39.2 Å². The number of aromatic nitrogens is 3. The van der Waals surface area contributed by atoms with E-state index in [1.165, 1.54) is 18.4 Å². The van der Waals surface area contributed by atoms with Gasteiger partial charge in [0.05, 0.1) is 6.54 Å². The van der Waals surface area contributed by atoms with Gasteiger partial charge in [-0.2, -0.15) is 0 Å². The Balaban J connectivity index is 1.53. The van der Waals surface area contributed by atoms with Crippen LogP contribution < -0.4 is 5.32 Å². The van der Waals surface area contributed by atoms with Gasteiger partial charge in [0, 0.05) is 29.3 Å². The topological polar surface area (TPSA) is 59.8 Å². The molecule has 0 radical (unpaired) electrons. The van der Waals surface area contributed by atoms with Gasteiger partial charge in [-0.15, -0.1) is 0 Å². The van der Waals surface area contributed by atoms with Crippen molar-refractivity contribution in [3.8, 4) is 0 Å². The molecule has 0 saturated carbocycles. The SMILES string of the molecule is Cc1nc(CNC(=O)c2cc3ccccc3n2C)nc2c1CCCC2. The largest absolute Gasteiger partial charge is 0.343 e. The number of amides is 1. The molecule has 1 N–H and O–H groups in total. The third-order valence-electron chi connectivity index (χ3n) is 5.03. The van der Waals surface area contributed by atoms with Crippen LogP contribution in [0.1, 0.15) is 46.1 Å². The molecule has 1 aromatic carbocycles. The zero-order chi connectivity index (χ0) is 17.4. The molecule has 1 amide bonds. The number of benzene rings is 1. The molecule has 1 aliphatic carbocycles. The van der Waals surface area contributed by atoms with Crippen molar-refractivity contribution in [2.75, 3.05) is 0 Å². The number of hydrogen-bond donors (Lipinski definition) is 1. The number of fused-ring (bicyclic) bond motifs is 2. The minimum absolute atomic E-state index is 0.0994. The Bertz CT molecular complexity index is 958. The van der Waals surface area contributed by atoms with Gasteiger partial charge in [0.2, 0.25) is 0 Å². The van der Waals surface area contributed by atoms with Crippen molar-refractivity contribution in [2.24, 2.45) is 7.05 Å². The van der Waals surface area contributed by atoms with E-state index in [0.29, 0.717) is 18.1 Å². The standard InChI is InChI=1S/C20H22N4O/c1-13-15-8-4-5-9-16(15)23-19(22-13)12-21-20(25)18-11-14-7-3-6-10-17(14)24(18)2/h3,6-7,10-11H,4-5,8-9,12H2,1-2H3,(H,21,25). The van der Waals surface area contributed by atoms with Gasteiger partial charge in [-0.3, -0.25) is 4.79 Å². The number of hydrogen-bond acceptors (Lipinski definition) is 3. The lowest BCUT2D eigenvalue weighted by molar-refractivity contribution is 0.0942. The highest BCUT2D eigenvalue weighted by Crippen LogP contribution is 2.22. The number of rotatable bonds is 3. The summed E-state index contributed by atoms with van der Waals surface area (Å²) in [6.07, 6.45) is 4.49. The van der Waals surface area contributed by atoms with Crippen LogP contribution in [0, 0.1) is 6.92 Å².